The summed E-state index contributed by atoms with van der Waals surface area (Å²) in [5.41, 5.74) is 6.08. The van der Waals surface area contributed by atoms with Crippen molar-refractivity contribution < 1.29 is 9.53 Å². The van der Waals surface area contributed by atoms with Gasteiger partial charge in [0.05, 0.1) is 6.61 Å². The predicted octanol–water partition coefficient (Wildman–Crippen LogP) is 1.31. The predicted molar refractivity (Wildman–Crippen MR) is 51.1 cm³/mol. The summed E-state index contributed by atoms with van der Waals surface area (Å²) in [4.78, 5) is 11.2. The van der Waals surface area contributed by atoms with Crippen LogP contribution in [0.2, 0.25) is 0 Å². The van der Waals surface area contributed by atoms with Crippen molar-refractivity contribution in [3.63, 3.8) is 0 Å². The van der Waals surface area contributed by atoms with Gasteiger partial charge >= 0.3 is 5.97 Å². The molecule has 1 saturated carbocycles. The van der Waals surface area contributed by atoms with Crippen LogP contribution < -0.4 is 5.73 Å². The van der Waals surface area contributed by atoms with E-state index in [4.69, 9.17) is 10.5 Å². The second-order valence-corrected chi connectivity index (χ2v) is 4.48. The molecule has 2 atom stereocenters. The fourth-order valence-corrected chi connectivity index (χ4v) is 1.63. The van der Waals surface area contributed by atoms with E-state index in [2.05, 4.69) is 13.8 Å². The van der Waals surface area contributed by atoms with E-state index >= 15 is 0 Å². The van der Waals surface area contributed by atoms with Gasteiger partial charge in [-0.05, 0) is 31.1 Å². The highest BCUT2D eigenvalue weighted by atomic mass is 16.5. The first-order chi connectivity index (χ1) is 5.97. The van der Waals surface area contributed by atoms with Crippen LogP contribution in [0.25, 0.3) is 0 Å². The van der Waals surface area contributed by atoms with E-state index in [-0.39, 0.29) is 5.97 Å². The fourth-order valence-electron chi connectivity index (χ4n) is 1.63. The Morgan fingerprint density at radius 1 is 1.69 bits per heavy atom. The molecular formula is C10H19NO2. The van der Waals surface area contributed by atoms with E-state index in [1.54, 1.807) is 6.92 Å². The molecule has 1 aliphatic rings. The lowest BCUT2D eigenvalue weighted by molar-refractivity contribution is -0.144. The number of nitrogens with two attached hydrogens (primary N) is 1. The number of esters is 1. The van der Waals surface area contributed by atoms with Crippen LogP contribution in [-0.4, -0.2) is 18.6 Å². The first-order valence-corrected chi connectivity index (χ1v) is 4.89. The minimum Gasteiger partial charge on any atom is -0.465 e. The summed E-state index contributed by atoms with van der Waals surface area (Å²) in [5.74, 6) is 0.345. The highest BCUT2D eigenvalue weighted by Crippen LogP contribution is 2.53. The maximum absolute atomic E-state index is 11.2. The Kier molecular flexibility index (Phi) is 2.96. The molecule has 1 aliphatic carbocycles. The number of ether oxygens (including phenoxy) is 1. The van der Waals surface area contributed by atoms with Gasteiger partial charge in [0, 0.05) is 0 Å². The molecule has 13 heavy (non-hydrogen) atoms. The van der Waals surface area contributed by atoms with Crippen molar-refractivity contribution in [2.75, 3.05) is 6.61 Å². The van der Waals surface area contributed by atoms with E-state index in [0.29, 0.717) is 17.9 Å². The van der Waals surface area contributed by atoms with E-state index in [0.717, 1.165) is 6.42 Å². The molecule has 76 valence electrons. The summed E-state index contributed by atoms with van der Waals surface area (Å²) < 4.78 is 4.84. The Bertz CT molecular complexity index is 201. The Morgan fingerprint density at radius 2 is 2.23 bits per heavy atom. The monoisotopic (exact) mass is 185 g/mol. The summed E-state index contributed by atoms with van der Waals surface area (Å²) in [7, 11) is 0. The van der Waals surface area contributed by atoms with Crippen LogP contribution in [0.1, 0.15) is 33.6 Å². The molecule has 0 aromatic carbocycles. The molecule has 0 bridgehead atoms. The lowest BCUT2D eigenvalue weighted by Gasteiger charge is -2.10. The summed E-state index contributed by atoms with van der Waals surface area (Å²) >= 11 is 0. The van der Waals surface area contributed by atoms with Gasteiger partial charge in [-0.25, -0.2) is 0 Å². The smallest absolute Gasteiger partial charge is 0.322 e. The Hall–Kier alpha value is -0.570. The molecule has 0 aromatic heterocycles. The van der Waals surface area contributed by atoms with Gasteiger partial charge in [-0.1, -0.05) is 13.8 Å². The minimum atomic E-state index is -0.424. The van der Waals surface area contributed by atoms with E-state index in [1.165, 1.54) is 6.42 Å². The molecule has 0 radical (unpaired) electrons. The SMILES string of the molecule is CCOC(=O)C(N)CC1CC1(C)C. The fraction of sp³-hybridized carbons (Fsp3) is 0.900. The molecule has 0 aromatic rings. The van der Waals surface area contributed by atoms with E-state index in [9.17, 15) is 4.79 Å². The molecule has 0 heterocycles. The first kappa shape index (κ1) is 10.5. The third kappa shape index (κ3) is 2.69. The molecule has 2 N–H and O–H groups in total. The Morgan fingerprint density at radius 3 is 2.62 bits per heavy atom. The summed E-state index contributed by atoms with van der Waals surface area (Å²) in [6.07, 6.45) is 1.95. The maximum Gasteiger partial charge on any atom is 0.322 e. The summed E-state index contributed by atoms with van der Waals surface area (Å²) in [6, 6.07) is -0.424. The molecule has 3 heteroatoms. The van der Waals surface area contributed by atoms with Gasteiger partial charge in [0.2, 0.25) is 0 Å². The topological polar surface area (TPSA) is 52.3 Å². The zero-order chi connectivity index (χ0) is 10.1. The van der Waals surface area contributed by atoms with Crippen molar-refractivity contribution in [2.24, 2.45) is 17.1 Å². The number of hydrogen-bond donors (Lipinski definition) is 1. The van der Waals surface area contributed by atoms with Gasteiger partial charge in [0.25, 0.3) is 0 Å². The molecule has 2 unspecified atom stereocenters. The zero-order valence-corrected chi connectivity index (χ0v) is 8.67. The van der Waals surface area contributed by atoms with Crippen LogP contribution in [0.4, 0.5) is 0 Å². The number of hydrogen-bond acceptors (Lipinski definition) is 3. The molecule has 0 aliphatic heterocycles. The molecule has 1 fully saturated rings. The van der Waals surface area contributed by atoms with Crippen LogP contribution in [-0.2, 0) is 9.53 Å². The van der Waals surface area contributed by atoms with Crippen molar-refractivity contribution in [1.29, 1.82) is 0 Å². The van der Waals surface area contributed by atoms with Gasteiger partial charge < -0.3 is 10.5 Å². The van der Waals surface area contributed by atoms with Crippen LogP contribution in [0.3, 0.4) is 0 Å². The summed E-state index contributed by atoms with van der Waals surface area (Å²) in [6.45, 7) is 6.62. The third-order valence-corrected chi connectivity index (χ3v) is 2.85. The molecule has 0 amide bonds. The van der Waals surface area contributed by atoms with Gasteiger partial charge in [-0.15, -0.1) is 0 Å². The molecule has 3 nitrogen and oxygen atoms in total. The van der Waals surface area contributed by atoms with Gasteiger partial charge in [0.15, 0.2) is 0 Å². The Labute approximate surface area is 79.6 Å². The zero-order valence-electron chi connectivity index (χ0n) is 8.67. The third-order valence-electron chi connectivity index (χ3n) is 2.85. The maximum atomic E-state index is 11.2. The quantitative estimate of drug-likeness (QED) is 0.672. The second-order valence-electron chi connectivity index (χ2n) is 4.48. The number of carbonyl (C=O) groups is 1. The van der Waals surface area contributed by atoms with E-state index in [1.807, 2.05) is 0 Å². The van der Waals surface area contributed by atoms with Gasteiger partial charge in [0.1, 0.15) is 6.04 Å². The minimum absolute atomic E-state index is 0.259. The van der Waals surface area contributed by atoms with Crippen molar-refractivity contribution in [3.05, 3.63) is 0 Å². The number of rotatable bonds is 4. The van der Waals surface area contributed by atoms with E-state index < -0.39 is 6.04 Å². The van der Waals surface area contributed by atoms with Crippen LogP contribution in [0, 0.1) is 11.3 Å². The molecule has 0 spiro atoms. The molecule has 0 saturated heterocycles. The van der Waals surface area contributed by atoms with Crippen LogP contribution in [0.5, 0.6) is 0 Å². The molecular weight excluding hydrogens is 166 g/mol. The van der Waals surface area contributed by atoms with Crippen molar-refractivity contribution in [3.8, 4) is 0 Å². The normalized spacial score (nSPS) is 26.6. The highest BCUT2D eigenvalue weighted by molar-refractivity contribution is 5.75. The van der Waals surface area contributed by atoms with Crippen molar-refractivity contribution >= 4 is 5.97 Å². The summed E-state index contributed by atoms with van der Waals surface area (Å²) in [5, 5.41) is 0. The average Bonchev–Trinajstić information content (AvgIpc) is 2.59. The van der Waals surface area contributed by atoms with Crippen LogP contribution in [0.15, 0.2) is 0 Å². The standard InChI is InChI=1S/C10H19NO2/c1-4-13-9(12)8(11)5-7-6-10(7,2)3/h7-8H,4-6,11H2,1-3H3. The lowest BCUT2D eigenvalue weighted by Crippen LogP contribution is -2.33. The first-order valence-electron chi connectivity index (χ1n) is 4.89. The molecule has 1 rings (SSSR count). The van der Waals surface area contributed by atoms with Crippen LogP contribution >= 0.6 is 0 Å². The van der Waals surface area contributed by atoms with Crippen molar-refractivity contribution in [1.82, 2.24) is 0 Å². The van der Waals surface area contributed by atoms with Gasteiger partial charge in [-0.3, -0.25) is 4.79 Å². The highest BCUT2D eigenvalue weighted by Gasteiger charge is 2.46. The average molecular weight is 185 g/mol. The second kappa shape index (κ2) is 3.66. The largest absolute Gasteiger partial charge is 0.465 e. The van der Waals surface area contributed by atoms with Gasteiger partial charge in [-0.2, -0.15) is 0 Å². The Balaban J connectivity index is 2.26. The number of carbonyl (C=O) groups excluding carboxylic acids is 1. The lowest BCUT2D eigenvalue weighted by atomic mass is 10.0. The van der Waals surface area contributed by atoms with Crippen molar-refractivity contribution in [2.45, 2.75) is 39.7 Å².